The number of aliphatic imine (C=N–C) groups is 1. The molecule has 0 aliphatic carbocycles. The minimum absolute atomic E-state index is 0.776. The van der Waals surface area contributed by atoms with E-state index in [0.717, 1.165) is 36.5 Å². The molecule has 4 heteroatoms. The Kier molecular flexibility index (Phi) is 3.23. The standard InChI is InChI=1S/C21H19N3O/c1-25-18-5-2-4-14(11-18)20-21(24-9-3-6-19(24)23-20)15-7-8-16-12-22-13-17(16)10-15/h2,4-5,7-8,10-12H,3,6,9,13H2,1H3. The van der Waals surface area contributed by atoms with E-state index in [0.29, 0.717) is 0 Å². The van der Waals surface area contributed by atoms with Gasteiger partial charge >= 0.3 is 0 Å². The van der Waals surface area contributed by atoms with Crippen LogP contribution in [-0.4, -0.2) is 22.9 Å². The lowest BCUT2D eigenvalue weighted by Gasteiger charge is -2.11. The van der Waals surface area contributed by atoms with Crippen molar-refractivity contribution in [3.05, 3.63) is 59.4 Å². The van der Waals surface area contributed by atoms with Crippen LogP contribution in [0.1, 0.15) is 23.4 Å². The van der Waals surface area contributed by atoms with Gasteiger partial charge in [0.2, 0.25) is 0 Å². The zero-order chi connectivity index (χ0) is 16.8. The minimum atomic E-state index is 0.776. The Morgan fingerprint density at radius 2 is 2.04 bits per heavy atom. The number of methoxy groups -OCH3 is 1. The Morgan fingerprint density at radius 1 is 1.08 bits per heavy atom. The van der Waals surface area contributed by atoms with E-state index >= 15 is 0 Å². The van der Waals surface area contributed by atoms with Gasteiger partial charge in [-0.3, -0.25) is 4.99 Å². The highest BCUT2D eigenvalue weighted by Crippen LogP contribution is 2.37. The van der Waals surface area contributed by atoms with Gasteiger partial charge in [0.15, 0.2) is 0 Å². The van der Waals surface area contributed by atoms with Crippen LogP contribution in [0, 0.1) is 0 Å². The summed E-state index contributed by atoms with van der Waals surface area (Å²) in [7, 11) is 1.70. The Bertz CT molecular complexity index is 1000. The summed E-state index contributed by atoms with van der Waals surface area (Å²) in [6, 6.07) is 14.8. The first-order chi connectivity index (χ1) is 12.3. The van der Waals surface area contributed by atoms with Crippen LogP contribution in [0.3, 0.4) is 0 Å². The lowest BCUT2D eigenvalue weighted by atomic mass is 10.0. The van der Waals surface area contributed by atoms with Crippen molar-refractivity contribution in [3.63, 3.8) is 0 Å². The van der Waals surface area contributed by atoms with E-state index in [1.165, 1.54) is 34.6 Å². The largest absolute Gasteiger partial charge is 0.497 e. The molecule has 0 radical (unpaired) electrons. The van der Waals surface area contributed by atoms with Gasteiger partial charge < -0.3 is 9.30 Å². The molecule has 2 aliphatic heterocycles. The molecular weight excluding hydrogens is 310 g/mol. The lowest BCUT2D eigenvalue weighted by Crippen LogP contribution is -1.97. The van der Waals surface area contributed by atoms with Gasteiger partial charge in [-0.05, 0) is 35.7 Å². The van der Waals surface area contributed by atoms with E-state index in [1.54, 1.807) is 7.11 Å². The number of aryl methyl sites for hydroxylation is 1. The van der Waals surface area contributed by atoms with Crippen molar-refractivity contribution in [2.45, 2.75) is 25.9 Å². The van der Waals surface area contributed by atoms with Crippen LogP contribution >= 0.6 is 0 Å². The van der Waals surface area contributed by atoms with E-state index in [2.05, 4.69) is 39.9 Å². The fraction of sp³-hybridized carbons (Fsp3) is 0.238. The molecule has 0 bridgehead atoms. The van der Waals surface area contributed by atoms with Crippen molar-refractivity contribution in [3.8, 4) is 28.3 Å². The molecule has 3 heterocycles. The predicted molar refractivity (Wildman–Crippen MR) is 99.3 cm³/mol. The second-order valence-corrected chi connectivity index (χ2v) is 6.60. The van der Waals surface area contributed by atoms with Crippen LogP contribution in [-0.2, 0) is 19.5 Å². The average molecular weight is 329 g/mol. The maximum atomic E-state index is 5.41. The SMILES string of the molecule is COc1cccc(-c2nc3n(c2-c2ccc4c(c2)CN=C4)CCC3)c1. The smallest absolute Gasteiger partial charge is 0.119 e. The molecule has 0 atom stereocenters. The van der Waals surface area contributed by atoms with E-state index in [4.69, 9.17) is 9.72 Å². The van der Waals surface area contributed by atoms with Crippen LogP contribution in [0.2, 0.25) is 0 Å². The summed E-state index contributed by atoms with van der Waals surface area (Å²) < 4.78 is 7.79. The molecular formula is C21H19N3O. The molecule has 2 aromatic carbocycles. The minimum Gasteiger partial charge on any atom is -0.497 e. The van der Waals surface area contributed by atoms with Gasteiger partial charge in [-0.2, -0.15) is 0 Å². The number of fused-ring (bicyclic) bond motifs is 2. The highest BCUT2D eigenvalue weighted by Gasteiger charge is 2.24. The van der Waals surface area contributed by atoms with Crippen molar-refractivity contribution >= 4 is 6.21 Å². The van der Waals surface area contributed by atoms with E-state index < -0.39 is 0 Å². The van der Waals surface area contributed by atoms with E-state index in [-0.39, 0.29) is 0 Å². The van der Waals surface area contributed by atoms with Crippen molar-refractivity contribution in [1.82, 2.24) is 9.55 Å². The van der Waals surface area contributed by atoms with E-state index in [1.807, 2.05) is 18.3 Å². The summed E-state index contributed by atoms with van der Waals surface area (Å²) in [6.45, 7) is 1.81. The molecule has 124 valence electrons. The zero-order valence-electron chi connectivity index (χ0n) is 14.2. The second-order valence-electron chi connectivity index (χ2n) is 6.60. The molecule has 0 amide bonds. The van der Waals surface area contributed by atoms with E-state index in [9.17, 15) is 0 Å². The van der Waals surface area contributed by atoms with Crippen LogP contribution in [0.15, 0.2) is 47.5 Å². The molecule has 0 N–H and O–H groups in total. The molecule has 1 aromatic heterocycles. The molecule has 3 aromatic rings. The van der Waals surface area contributed by atoms with Gasteiger partial charge in [0, 0.05) is 30.3 Å². The second kappa shape index (κ2) is 5.59. The van der Waals surface area contributed by atoms with Crippen LogP contribution in [0.4, 0.5) is 0 Å². The number of benzene rings is 2. The average Bonchev–Trinajstić information content (AvgIpc) is 3.36. The number of hydrogen-bond donors (Lipinski definition) is 0. The number of hydrogen-bond acceptors (Lipinski definition) is 3. The monoisotopic (exact) mass is 329 g/mol. The highest BCUT2D eigenvalue weighted by atomic mass is 16.5. The van der Waals surface area contributed by atoms with Gasteiger partial charge in [0.05, 0.1) is 25.0 Å². The van der Waals surface area contributed by atoms with Gasteiger partial charge in [-0.1, -0.05) is 24.3 Å². The summed E-state index contributed by atoms with van der Waals surface area (Å²) in [4.78, 5) is 9.37. The van der Waals surface area contributed by atoms with Crippen molar-refractivity contribution < 1.29 is 4.74 Å². The first-order valence-corrected chi connectivity index (χ1v) is 8.70. The first-order valence-electron chi connectivity index (χ1n) is 8.70. The molecule has 5 rings (SSSR count). The maximum Gasteiger partial charge on any atom is 0.119 e. The maximum absolute atomic E-state index is 5.41. The number of nitrogens with zero attached hydrogens (tertiary/aromatic N) is 3. The molecule has 0 saturated heterocycles. The summed E-state index contributed by atoms with van der Waals surface area (Å²) in [5, 5.41) is 0. The summed E-state index contributed by atoms with van der Waals surface area (Å²) in [6.07, 6.45) is 4.18. The number of aromatic nitrogens is 2. The fourth-order valence-electron chi connectivity index (χ4n) is 3.85. The Morgan fingerprint density at radius 3 is 2.96 bits per heavy atom. The third-order valence-electron chi connectivity index (χ3n) is 5.08. The number of ether oxygens (including phenoxy) is 1. The van der Waals surface area contributed by atoms with Gasteiger partial charge in [-0.25, -0.2) is 4.98 Å². The van der Waals surface area contributed by atoms with Gasteiger partial charge in [-0.15, -0.1) is 0 Å². The van der Waals surface area contributed by atoms with Crippen molar-refractivity contribution in [2.24, 2.45) is 4.99 Å². The van der Waals surface area contributed by atoms with Crippen LogP contribution in [0.5, 0.6) is 5.75 Å². The Labute approximate surface area is 146 Å². The third kappa shape index (κ3) is 2.29. The number of imidazole rings is 1. The van der Waals surface area contributed by atoms with Crippen LogP contribution in [0.25, 0.3) is 22.5 Å². The topological polar surface area (TPSA) is 39.4 Å². The molecule has 2 aliphatic rings. The molecule has 0 saturated carbocycles. The normalized spacial score (nSPS) is 14.6. The van der Waals surface area contributed by atoms with Crippen molar-refractivity contribution in [1.29, 1.82) is 0 Å². The van der Waals surface area contributed by atoms with Crippen LogP contribution < -0.4 is 4.74 Å². The zero-order valence-corrected chi connectivity index (χ0v) is 14.2. The summed E-state index contributed by atoms with van der Waals surface area (Å²) in [5.74, 6) is 2.04. The lowest BCUT2D eigenvalue weighted by molar-refractivity contribution is 0.415. The first kappa shape index (κ1) is 14.5. The highest BCUT2D eigenvalue weighted by molar-refractivity contribution is 5.87. The quantitative estimate of drug-likeness (QED) is 0.725. The Balaban J connectivity index is 1.70. The Hall–Kier alpha value is -2.88. The fourth-order valence-corrected chi connectivity index (χ4v) is 3.85. The van der Waals surface area contributed by atoms with Gasteiger partial charge in [0.1, 0.15) is 11.6 Å². The summed E-state index contributed by atoms with van der Waals surface area (Å²) in [5.41, 5.74) is 7.12. The predicted octanol–water partition coefficient (Wildman–Crippen LogP) is 4.10. The van der Waals surface area contributed by atoms with Crippen molar-refractivity contribution in [2.75, 3.05) is 7.11 Å². The molecule has 25 heavy (non-hydrogen) atoms. The molecule has 0 fully saturated rings. The van der Waals surface area contributed by atoms with Gasteiger partial charge in [0.25, 0.3) is 0 Å². The summed E-state index contributed by atoms with van der Waals surface area (Å²) >= 11 is 0. The molecule has 0 spiro atoms. The third-order valence-corrected chi connectivity index (χ3v) is 5.08. The molecule has 4 nitrogen and oxygen atoms in total. The number of rotatable bonds is 3. The molecule has 0 unspecified atom stereocenters.